The fraction of sp³-hybridized carbons (Fsp3) is 0.227. The van der Waals surface area contributed by atoms with Crippen molar-refractivity contribution in [2.24, 2.45) is 0 Å². The van der Waals surface area contributed by atoms with E-state index in [9.17, 15) is 4.79 Å². The predicted octanol–water partition coefficient (Wildman–Crippen LogP) is 3.79. The van der Waals surface area contributed by atoms with Crippen LogP contribution in [0.4, 0.5) is 0 Å². The molecule has 2 aromatic carbocycles. The molecule has 5 rings (SSSR count). The van der Waals surface area contributed by atoms with Crippen molar-refractivity contribution in [3.8, 4) is 17.0 Å². The monoisotopic (exact) mass is 388 g/mol. The predicted molar refractivity (Wildman–Crippen MR) is 108 cm³/mol. The molecule has 0 N–H and O–H groups in total. The zero-order valence-electron chi connectivity index (χ0n) is 16.0. The Labute approximate surface area is 167 Å². The van der Waals surface area contributed by atoms with Crippen LogP contribution in [0.15, 0.2) is 65.2 Å². The molecular weight excluding hydrogens is 368 g/mol. The molecule has 0 spiro atoms. The third-order valence-corrected chi connectivity index (χ3v) is 5.34. The van der Waals surface area contributed by atoms with Gasteiger partial charge in [0.15, 0.2) is 17.1 Å². The molecule has 146 valence electrons. The second-order valence-corrected chi connectivity index (χ2v) is 7.13. The number of methoxy groups -OCH3 is 1. The van der Waals surface area contributed by atoms with Gasteiger partial charge in [-0.3, -0.25) is 4.79 Å². The van der Waals surface area contributed by atoms with Crippen LogP contribution in [0.25, 0.3) is 22.2 Å². The van der Waals surface area contributed by atoms with E-state index in [2.05, 4.69) is 10.3 Å². The van der Waals surface area contributed by atoms with Crippen molar-refractivity contribution in [2.75, 3.05) is 20.2 Å². The number of furan rings is 1. The van der Waals surface area contributed by atoms with Crippen LogP contribution in [0.3, 0.4) is 0 Å². The molecule has 2 aromatic heterocycles. The zero-order valence-corrected chi connectivity index (χ0v) is 16.0. The lowest BCUT2D eigenvalue weighted by Crippen LogP contribution is -2.28. The second kappa shape index (κ2) is 7.09. The van der Waals surface area contributed by atoms with Gasteiger partial charge in [-0.05, 0) is 18.6 Å². The summed E-state index contributed by atoms with van der Waals surface area (Å²) in [7, 11) is 1.59. The standard InChI is InChI=1S/C22H20N4O3/c1-28-19-9-5-8-16-12-20(29-21(16)19)22(27)25-11-10-17(13-25)26-14-18(23-24-26)15-6-3-2-4-7-15/h2-9,12,14,17H,10-11,13H2,1H3/t17-/m0/s1. The van der Waals surface area contributed by atoms with Gasteiger partial charge in [-0.15, -0.1) is 5.10 Å². The number of para-hydroxylation sites is 1. The zero-order chi connectivity index (χ0) is 19.8. The highest BCUT2D eigenvalue weighted by Crippen LogP contribution is 2.30. The molecule has 1 saturated heterocycles. The molecule has 7 nitrogen and oxygen atoms in total. The van der Waals surface area contributed by atoms with E-state index >= 15 is 0 Å². The summed E-state index contributed by atoms with van der Waals surface area (Å²) in [6.45, 7) is 1.23. The van der Waals surface area contributed by atoms with Crippen LogP contribution in [0.5, 0.6) is 5.75 Å². The molecule has 3 heterocycles. The Bertz CT molecular complexity index is 1170. The molecule has 1 atom stereocenters. The molecule has 1 aliphatic heterocycles. The van der Waals surface area contributed by atoms with Gasteiger partial charge in [0.1, 0.15) is 5.69 Å². The van der Waals surface area contributed by atoms with E-state index in [1.54, 1.807) is 18.1 Å². The molecule has 4 aromatic rings. The number of benzene rings is 2. The minimum absolute atomic E-state index is 0.0998. The number of hydrogen-bond acceptors (Lipinski definition) is 5. The number of likely N-dealkylation sites (tertiary alicyclic amines) is 1. The number of ether oxygens (including phenoxy) is 1. The number of carbonyl (C=O) groups excluding carboxylic acids is 1. The first-order chi connectivity index (χ1) is 14.2. The van der Waals surface area contributed by atoms with Gasteiger partial charge in [0.2, 0.25) is 0 Å². The second-order valence-electron chi connectivity index (χ2n) is 7.13. The van der Waals surface area contributed by atoms with E-state index < -0.39 is 0 Å². The van der Waals surface area contributed by atoms with E-state index in [1.165, 1.54) is 0 Å². The molecule has 0 unspecified atom stereocenters. The van der Waals surface area contributed by atoms with Gasteiger partial charge in [-0.1, -0.05) is 47.7 Å². The molecule has 0 aliphatic carbocycles. The number of amides is 1. The van der Waals surface area contributed by atoms with E-state index in [-0.39, 0.29) is 11.9 Å². The highest BCUT2D eigenvalue weighted by atomic mass is 16.5. The summed E-state index contributed by atoms with van der Waals surface area (Å²) in [4.78, 5) is 14.8. The van der Waals surface area contributed by atoms with Crippen LogP contribution in [-0.4, -0.2) is 46.0 Å². The van der Waals surface area contributed by atoms with Crippen LogP contribution in [0.2, 0.25) is 0 Å². The SMILES string of the molecule is COc1cccc2cc(C(=O)N3CC[C@H](n4cc(-c5ccccc5)nn4)C3)oc12. The average molecular weight is 388 g/mol. The fourth-order valence-corrected chi connectivity index (χ4v) is 3.80. The highest BCUT2D eigenvalue weighted by Gasteiger charge is 2.30. The number of aromatic nitrogens is 3. The molecule has 0 radical (unpaired) electrons. The minimum Gasteiger partial charge on any atom is -0.493 e. The third kappa shape index (κ3) is 3.14. The summed E-state index contributed by atoms with van der Waals surface area (Å²) in [6, 6.07) is 17.4. The van der Waals surface area contributed by atoms with E-state index in [1.807, 2.05) is 59.4 Å². The Kier molecular flexibility index (Phi) is 4.27. The van der Waals surface area contributed by atoms with Crippen molar-refractivity contribution in [1.29, 1.82) is 0 Å². The Morgan fingerprint density at radius 2 is 2.03 bits per heavy atom. The fourth-order valence-electron chi connectivity index (χ4n) is 3.80. The number of nitrogens with zero attached hydrogens (tertiary/aromatic N) is 4. The average Bonchev–Trinajstić information content (AvgIpc) is 3.52. The summed E-state index contributed by atoms with van der Waals surface area (Å²) >= 11 is 0. The maximum atomic E-state index is 13.0. The topological polar surface area (TPSA) is 73.4 Å². The molecule has 1 aliphatic rings. The lowest BCUT2D eigenvalue weighted by Gasteiger charge is -2.14. The Balaban J connectivity index is 1.33. The van der Waals surface area contributed by atoms with E-state index in [0.717, 1.165) is 23.1 Å². The smallest absolute Gasteiger partial charge is 0.289 e. The van der Waals surface area contributed by atoms with Crippen LogP contribution >= 0.6 is 0 Å². The molecule has 1 fully saturated rings. The van der Waals surface area contributed by atoms with Gasteiger partial charge >= 0.3 is 0 Å². The Morgan fingerprint density at radius 1 is 1.17 bits per heavy atom. The summed E-state index contributed by atoms with van der Waals surface area (Å²) in [6.07, 6.45) is 2.77. The van der Waals surface area contributed by atoms with Gasteiger partial charge in [-0.2, -0.15) is 0 Å². The number of hydrogen-bond donors (Lipinski definition) is 0. The summed E-state index contributed by atoms with van der Waals surface area (Å²) in [5.74, 6) is 0.833. The number of carbonyl (C=O) groups is 1. The van der Waals surface area contributed by atoms with Gasteiger partial charge in [0.25, 0.3) is 5.91 Å². The highest BCUT2D eigenvalue weighted by molar-refractivity contribution is 5.97. The van der Waals surface area contributed by atoms with Crippen LogP contribution in [0, 0.1) is 0 Å². The first kappa shape index (κ1) is 17.5. The van der Waals surface area contributed by atoms with Gasteiger partial charge in [0.05, 0.1) is 19.3 Å². The van der Waals surface area contributed by atoms with Gasteiger partial charge < -0.3 is 14.1 Å². The van der Waals surface area contributed by atoms with Crippen molar-refractivity contribution in [3.63, 3.8) is 0 Å². The largest absolute Gasteiger partial charge is 0.493 e. The minimum atomic E-state index is -0.117. The summed E-state index contributed by atoms with van der Waals surface area (Å²) < 4.78 is 13.0. The Morgan fingerprint density at radius 3 is 2.86 bits per heavy atom. The molecule has 29 heavy (non-hydrogen) atoms. The van der Waals surface area contributed by atoms with Crippen molar-refractivity contribution in [3.05, 3.63) is 66.6 Å². The lowest BCUT2D eigenvalue weighted by atomic mass is 10.2. The number of rotatable bonds is 4. The molecule has 1 amide bonds. The van der Waals surface area contributed by atoms with Gasteiger partial charge in [-0.25, -0.2) is 4.68 Å². The molecular formula is C22H20N4O3. The third-order valence-electron chi connectivity index (χ3n) is 5.34. The first-order valence-corrected chi connectivity index (χ1v) is 9.56. The first-order valence-electron chi connectivity index (χ1n) is 9.56. The molecule has 7 heteroatoms. The summed E-state index contributed by atoms with van der Waals surface area (Å²) in [5, 5.41) is 9.43. The van der Waals surface area contributed by atoms with Crippen molar-refractivity contribution < 1.29 is 13.9 Å². The molecule has 0 bridgehead atoms. The van der Waals surface area contributed by atoms with Crippen molar-refractivity contribution in [2.45, 2.75) is 12.5 Å². The Hall–Kier alpha value is -3.61. The summed E-state index contributed by atoms with van der Waals surface area (Å²) in [5.41, 5.74) is 2.46. The maximum absolute atomic E-state index is 13.0. The van der Waals surface area contributed by atoms with Gasteiger partial charge in [0, 0.05) is 24.0 Å². The van der Waals surface area contributed by atoms with E-state index in [0.29, 0.717) is 30.2 Å². The maximum Gasteiger partial charge on any atom is 0.289 e. The normalized spacial score (nSPS) is 16.4. The molecule has 0 saturated carbocycles. The van der Waals surface area contributed by atoms with E-state index in [4.69, 9.17) is 9.15 Å². The quantitative estimate of drug-likeness (QED) is 0.532. The lowest BCUT2D eigenvalue weighted by molar-refractivity contribution is 0.0757. The van der Waals surface area contributed by atoms with Crippen molar-refractivity contribution >= 4 is 16.9 Å². The van der Waals surface area contributed by atoms with Crippen LogP contribution < -0.4 is 4.74 Å². The number of fused-ring (bicyclic) bond motifs is 1. The van der Waals surface area contributed by atoms with Crippen molar-refractivity contribution in [1.82, 2.24) is 19.9 Å². The van der Waals surface area contributed by atoms with Crippen LogP contribution in [-0.2, 0) is 0 Å². The van der Waals surface area contributed by atoms with Crippen LogP contribution in [0.1, 0.15) is 23.0 Å².